The lowest BCUT2D eigenvalue weighted by Crippen LogP contribution is -2.41. The topological polar surface area (TPSA) is 117 Å². The minimum absolute atomic E-state index is 0.103. The average molecular weight is 652 g/mol. The summed E-state index contributed by atoms with van der Waals surface area (Å²) in [5.74, 6) is 1.27. The molecule has 244 valence electrons. The second kappa shape index (κ2) is 14.3. The number of hydrogen-bond acceptors (Lipinski definition) is 8. The van der Waals surface area contributed by atoms with Crippen molar-refractivity contribution in [2.75, 3.05) is 13.2 Å². The van der Waals surface area contributed by atoms with Crippen molar-refractivity contribution in [1.29, 1.82) is 0 Å². The van der Waals surface area contributed by atoms with Gasteiger partial charge in [-0.3, -0.25) is 4.98 Å². The Bertz CT molecular complexity index is 1580. The van der Waals surface area contributed by atoms with E-state index in [0.29, 0.717) is 18.2 Å². The van der Waals surface area contributed by atoms with Crippen molar-refractivity contribution in [3.8, 4) is 22.8 Å². The van der Waals surface area contributed by atoms with Crippen LogP contribution in [0.15, 0.2) is 54.7 Å². The number of fused-ring (bicyclic) bond motifs is 1. The first-order chi connectivity index (χ1) is 21.1. The summed E-state index contributed by atoms with van der Waals surface area (Å²) in [7, 11) is -1.95. The molecular formula is C34H49N5O4SSi. The largest absolute Gasteiger partial charge is 0.598 e. The molecule has 0 aliphatic heterocycles. The standard InChI is InChI=1S/C34H49N5O4SSi/c1-10-13-29(38-44(41)33(2,3)4)28-16-12-15-27(37-28)24-20-30-26(31(21-24)42-19-18-40)22-35-39(30)32-17-11-14-25(36-32)23-43-45(8,9)34(5,6)7/h11-12,14-17,20-22,29,38,40H,10,13,18-19,23H2,1-9H3/t29-,44?/m0/s1. The lowest BCUT2D eigenvalue weighted by atomic mass is 10.1. The van der Waals surface area contributed by atoms with E-state index in [0.717, 1.165) is 46.4 Å². The number of benzene rings is 1. The van der Waals surface area contributed by atoms with Gasteiger partial charge >= 0.3 is 0 Å². The number of aromatic nitrogens is 4. The van der Waals surface area contributed by atoms with E-state index in [-0.39, 0.29) is 24.3 Å². The second-order valence-corrected chi connectivity index (χ2v) is 20.7. The van der Waals surface area contributed by atoms with Crippen LogP contribution in [0.25, 0.3) is 28.0 Å². The lowest BCUT2D eigenvalue weighted by molar-refractivity contribution is 0.203. The van der Waals surface area contributed by atoms with Crippen molar-refractivity contribution < 1.29 is 18.8 Å². The third-order valence-electron chi connectivity index (χ3n) is 8.20. The third kappa shape index (κ3) is 8.52. The third-order valence-corrected chi connectivity index (χ3v) is 14.3. The molecule has 0 bridgehead atoms. The van der Waals surface area contributed by atoms with Gasteiger partial charge in [0, 0.05) is 16.9 Å². The normalized spacial score (nSPS) is 14.1. The van der Waals surface area contributed by atoms with E-state index in [1.165, 1.54) is 0 Å². The molecular weight excluding hydrogens is 603 g/mol. The molecule has 0 fully saturated rings. The molecule has 0 saturated heterocycles. The van der Waals surface area contributed by atoms with Gasteiger partial charge in [0.15, 0.2) is 14.1 Å². The smallest absolute Gasteiger partial charge is 0.192 e. The van der Waals surface area contributed by atoms with Gasteiger partial charge < -0.3 is 18.8 Å². The highest BCUT2D eigenvalue weighted by atomic mass is 32.2. The van der Waals surface area contributed by atoms with Crippen molar-refractivity contribution in [3.63, 3.8) is 0 Å². The van der Waals surface area contributed by atoms with Gasteiger partial charge in [-0.2, -0.15) is 5.10 Å². The number of hydrogen-bond donors (Lipinski definition) is 2. The van der Waals surface area contributed by atoms with E-state index in [9.17, 15) is 9.66 Å². The molecule has 2 N–H and O–H groups in total. The second-order valence-electron chi connectivity index (χ2n) is 13.9. The maximum atomic E-state index is 13.0. The van der Waals surface area contributed by atoms with Gasteiger partial charge in [-0.05, 0) is 81.7 Å². The van der Waals surface area contributed by atoms with Gasteiger partial charge in [-0.15, -0.1) is 4.72 Å². The summed E-state index contributed by atoms with van der Waals surface area (Å²) in [5.41, 5.74) is 4.06. The van der Waals surface area contributed by atoms with Crippen LogP contribution < -0.4 is 9.46 Å². The molecule has 4 rings (SSSR count). The van der Waals surface area contributed by atoms with E-state index in [4.69, 9.17) is 24.2 Å². The van der Waals surface area contributed by atoms with Crippen LogP contribution in [0.3, 0.4) is 0 Å². The SMILES string of the molecule is CCC[C@H](N[S+]([O-])C(C)(C)C)c1cccc(-c2cc(OCCO)c3cnn(-c4cccc(CO[Si](C)(C)C(C)(C)C)n4)c3c2)n1. The number of rotatable bonds is 13. The molecule has 0 aliphatic rings. The molecule has 0 saturated carbocycles. The summed E-state index contributed by atoms with van der Waals surface area (Å²) in [5, 5.41) is 15.1. The Balaban J connectivity index is 1.74. The Kier molecular flexibility index (Phi) is 11.2. The monoisotopic (exact) mass is 651 g/mol. The molecule has 3 heterocycles. The fourth-order valence-electron chi connectivity index (χ4n) is 4.50. The molecule has 0 radical (unpaired) electrons. The van der Waals surface area contributed by atoms with Crippen molar-refractivity contribution in [2.45, 2.75) is 96.8 Å². The van der Waals surface area contributed by atoms with Crippen LogP contribution in [0, 0.1) is 0 Å². The summed E-state index contributed by atoms with van der Waals surface area (Å²) in [6.45, 7) is 19.6. The van der Waals surface area contributed by atoms with Crippen molar-refractivity contribution in [3.05, 3.63) is 66.1 Å². The van der Waals surface area contributed by atoms with E-state index in [2.05, 4.69) is 45.5 Å². The Morgan fingerprint density at radius 2 is 1.78 bits per heavy atom. The van der Waals surface area contributed by atoms with Crippen LogP contribution in [-0.2, 0) is 22.4 Å². The highest BCUT2D eigenvalue weighted by Gasteiger charge is 2.37. The summed E-state index contributed by atoms with van der Waals surface area (Å²) in [6, 6.07) is 15.6. The first-order valence-electron chi connectivity index (χ1n) is 15.7. The van der Waals surface area contributed by atoms with Crippen LogP contribution in [-0.4, -0.2) is 55.7 Å². The van der Waals surface area contributed by atoms with Crippen LogP contribution in [0.4, 0.5) is 0 Å². The number of nitrogens with zero attached hydrogens (tertiary/aromatic N) is 4. The Hall–Kier alpha value is -2.80. The zero-order valence-corrected chi connectivity index (χ0v) is 30.0. The van der Waals surface area contributed by atoms with Gasteiger partial charge in [-0.25, -0.2) is 9.67 Å². The highest BCUT2D eigenvalue weighted by molar-refractivity contribution is 7.90. The molecule has 0 amide bonds. The molecule has 45 heavy (non-hydrogen) atoms. The fourth-order valence-corrected chi connectivity index (χ4v) is 6.30. The van der Waals surface area contributed by atoms with Gasteiger partial charge in [0.25, 0.3) is 0 Å². The van der Waals surface area contributed by atoms with Gasteiger partial charge in [0.1, 0.15) is 17.1 Å². The van der Waals surface area contributed by atoms with Crippen molar-refractivity contribution in [1.82, 2.24) is 24.5 Å². The highest BCUT2D eigenvalue weighted by Crippen LogP contribution is 2.37. The van der Waals surface area contributed by atoms with Crippen molar-refractivity contribution >= 4 is 30.6 Å². The molecule has 0 spiro atoms. The van der Waals surface area contributed by atoms with E-state index < -0.39 is 24.4 Å². The predicted molar refractivity (Wildman–Crippen MR) is 185 cm³/mol. The molecule has 2 atom stereocenters. The van der Waals surface area contributed by atoms with Crippen LogP contribution in [0.2, 0.25) is 18.1 Å². The first kappa shape index (κ1) is 35.1. The molecule has 9 nitrogen and oxygen atoms in total. The number of nitrogens with one attached hydrogen (secondary N) is 1. The van der Waals surface area contributed by atoms with Crippen LogP contribution in [0.5, 0.6) is 5.75 Å². The molecule has 0 aliphatic carbocycles. The molecule has 3 aromatic heterocycles. The predicted octanol–water partition coefficient (Wildman–Crippen LogP) is 7.27. The number of ether oxygens (including phenoxy) is 1. The minimum atomic E-state index is -1.95. The van der Waals surface area contributed by atoms with Crippen LogP contribution >= 0.6 is 0 Å². The Morgan fingerprint density at radius 1 is 1.04 bits per heavy atom. The van der Waals surface area contributed by atoms with Crippen LogP contribution in [0.1, 0.15) is 78.7 Å². The number of aliphatic hydroxyl groups is 1. The molecule has 1 unspecified atom stereocenters. The minimum Gasteiger partial charge on any atom is -0.598 e. The summed E-state index contributed by atoms with van der Waals surface area (Å²) in [4.78, 5) is 9.95. The van der Waals surface area contributed by atoms with Gasteiger partial charge in [0.2, 0.25) is 0 Å². The van der Waals surface area contributed by atoms with E-state index in [1.54, 1.807) is 10.9 Å². The Morgan fingerprint density at radius 3 is 2.44 bits per heavy atom. The first-order valence-corrected chi connectivity index (χ1v) is 19.7. The quantitative estimate of drug-likeness (QED) is 0.115. The number of pyridine rings is 2. The molecule has 4 aromatic rings. The molecule has 11 heteroatoms. The van der Waals surface area contributed by atoms with Crippen molar-refractivity contribution in [2.24, 2.45) is 0 Å². The Labute approximate surface area is 272 Å². The summed E-state index contributed by atoms with van der Waals surface area (Å²) < 4.78 is 30.1. The van der Waals surface area contributed by atoms with E-state index >= 15 is 0 Å². The zero-order valence-electron chi connectivity index (χ0n) is 28.2. The van der Waals surface area contributed by atoms with Gasteiger partial charge in [0.05, 0.1) is 53.4 Å². The maximum Gasteiger partial charge on any atom is 0.192 e. The zero-order chi connectivity index (χ0) is 33.0. The molecule has 1 aromatic carbocycles. The van der Waals surface area contributed by atoms with Gasteiger partial charge in [-0.1, -0.05) is 46.2 Å². The lowest BCUT2D eigenvalue weighted by Gasteiger charge is -2.36. The average Bonchev–Trinajstić information content (AvgIpc) is 3.42. The summed E-state index contributed by atoms with van der Waals surface area (Å²) in [6.07, 6.45) is 3.48. The fraction of sp³-hybridized carbons (Fsp3) is 0.500. The van der Waals surface area contributed by atoms with E-state index in [1.807, 2.05) is 69.3 Å². The summed E-state index contributed by atoms with van der Waals surface area (Å²) >= 11 is -1.24. The number of aliphatic hydroxyl groups excluding tert-OH is 1. The maximum absolute atomic E-state index is 13.0.